The molecule has 6 nitrogen and oxygen atoms in total. The van der Waals surface area contributed by atoms with Gasteiger partial charge < -0.3 is 14.8 Å². The van der Waals surface area contributed by atoms with Gasteiger partial charge in [-0.3, -0.25) is 4.90 Å². The van der Waals surface area contributed by atoms with E-state index in [1.807, 2.05) is 54.6 Å². The van der Waals surface area contributed by atoms with Gasteiger partial charge >= 0.3 is 12.1 Å². The molecule has 27 heavy (non-hydrogen) atoms. The SMILES string of the molecule is O=C(O)C1=CN(C(=O)OCc2ccccc2)CCc2c1[nH]c1ccccc21. The van der Waals surface area contributed by atoms with Crippen LogP contribution in [0.15, 0.2) is 60.8 Å². The Hall–Kier alpha value is -3.54. The van der Waals surface area contributed by atoms with Crippen LogP contribution in [0.2, 0.25) is 0 Å². The third-order valence-corrected chi connectivity index (χ3v) is 4.64. The first kappa shape index (κ1) is 16.9. The average molecular weight is 362 g/mol. The lowest BCUT2D eigenvalue weighted by atomic mass is 10.0. The number of nitrogens with one attached hydrogen (secondary N) is 1. The smallest absolute Gasteiger partial charge is 0.414 e. The molecular formula is C21H18N2O4. The molecule has 0 saturated carbocycles. The van der Waals surface area contributed by atoms with E-state index in [1.54, 1.807) is 0 Å². The maximum absolute atomic E-state index is 12.5. The zero-order valence-electron chi connectivity index (χ0n) is 14.5. The predicted molar refractivity (Wildman–Crippen MR) is 101 cm³/mol. The second-order valence-electron chi connectivity index (χ2n) is 6.36. The van der Waals surface area contributed by atoms with E-state index in [0.717, 1.165) is 22.0 Å². The van der Waals surface area contributed by atoms with Gasteiger partial charge in [0.05, 0.1) is 11.3 Å². The normalized spacial score (nSPS) is 13.6. The van der Waals surface area contributed by atoms with Crippen molar-refractivity contribution < 1.29 is 19.4 Å². The number of aliphatic carboxylic acids is 1. The molecule has 1 amide bonds. The fourth-order valence-electron chi connectivity index (χ4n) is 3.32. The van der Waals surface area contributed by atoms with Crippen LogP contribution >= 0.6 is 0 Å². The molecule has 4 rings (SSSR count). The minimum absolute atomic E-state index is 0.0513. The number of carboxylic acids is 1. The summed E-state index contributed by atoms with van der Waals surface area (Å²) in [6.45, 7) is 0.486. The largest absolute Gasteiger partial charge is 0.478 e. The Morgan fingerprint density at radius 1 is 1.07 bits per heavy atom. The molecule has 0 fully saturated rings. The molecule has 2 N–H and O–H groups in total. The summed E-state index contributed by atoms with van der Waals surface area (Å²) < 4.78 is 5.35. The predicted octanol–water partition coefficient (Wildman–Crippen LogP) is 3.79. The Kier molecular flexibility index (Phi) is 4.38. The lowest BCUT2D eigenvalue weighted by Gasteiger charge is -2.17. The van der Waals surface area contributed by atoms with E-state index < -0.39 is 12.1 Å². The molecule has 2 heterocycles. The van der Waals surface area contributed by atoms with Crippen LogP contribution < -0.4 is 0 Å². The summed E-state index contributed by atoms with van der Waals surface area (Å²) in [7, 11) is 0. The van der Waals surface area contributed by atoms with Gasteiger partial charge in [-0.25, -0.2) is 9.59 Å². The first-order chi connectivity index (χ1) is 13.1. The van der Waals surface area contributed by atoms with Crippen molar-refractivity contribution in [3.8, 4) is 0 Å². The summed E-state index contributed by atoms with van der Waals surface area (Å²) in [6.07, 6.45) is 1.33. The highest BCUT2D eigenvalue weighted by molar-refractivity contribution is 6.17. The first-order valence-corrected chi connectivity index (χ1v) is 8.66. The van der Waals surface area contributed by atoms with Crippen LogP contribution in [0.5, 0.6) is 0 Å². The van der Waals surface area contributed by atoms with E-state index in [9.17, 15) is 14.7 Å². The summed E-state index contributed by atoms with van der Waals surface area (Å²) in [5.74, 6) is -1.09. The number of aromatic nitrogens is 1. The number of hydrogen-bond acceptors (Lipinski definition) is 3. The molecule has 0 aliphatic carbocycles. The summed E-state index contributed by atoms with van der Waals surface area (Å²) in [4.78, 5) is 28.8. The average Bonchev–Trinajstić information content (AvgIpc) is 2.94. The number of carbonyl (C=O) groups excluding carboxylic acids is 1. The highest BCUT2D eigenvalue weighted by Gasteiger charge is 2.26. The van der Waals surface area contributed by atoms with Crippen molar-refractivity contribution in [3.63, 3.8) is 0 Å². The summed E-state index contributed by atoms with van der Waals surface area (Å²) in [5, 5.41) is 10.6. The second kappa shape index (κ2) is 6.99. The van der Waals surface area contributed by atoms with Gasteiger partial charge in [0.1, 0.15) is 6.61 Å². The van der Waals surface area contributed by atoms with Crippen molar-refractivity contribution in [2.24, 2.45) is 0 Å². The number of carboxylic acid groups (broad SMARTS) is 1. The molecule has 0 atom stereocenters. The number of ether oxygens (including phenoxy) is 1. The number of aromatic amines is 1. The van der Waals surface area contributed by atoms with Gasteiger partial charge in [-0.15, -0.1) is 0 Å². The fourth-order valence-corrected chi connectivity index (χ4v) is 3.32. The molecule has 3 aromatic rings. The van der Waals surface area contributed by atoms with E-state index in [1.165, 1.54) is 11.1 Å². The zero-order valence-corrected chi connectivity index (χ0v) is 14.5. The van der Waals surface area contributed by atoms with Crippen LogP contribution in [0.4, 0.5) is 4.79 Å². The Morgan fingerprint density at radius 2 is 1.81 bits per heavy atom. The second-order valence-corrected chi connectivity index (χ2v) is 6.36. The molecule has 1 aliphatic heterocycles. The molecule has 6 heteroatoms. The molecule has 1 aliphatic rings. The highest BCUT2D eigenvalue weighted by Crippen LogP contribution is 2.30. The quantitative estimate of drug-likeness (QED) is 0.743. The number of amides is 1. The lowest BCUT2D eigenvalue weighted by molar-refractivity contribution is -0.130. The van der Waals surface area contributed by atoms with Crippen molar-refractivity contribution in [3.05, 3.63) is 77.6 Å². The van der Waals surface area contributed by atoms with Crippen molar-refractivity contribution in [1.82, 2.24) is 9.88 Å². The van der Waals surface area contributed by atoms with Crippen LogP contribution in [0.1, 0.15) is 16.8 Å². The van der Waals surface area contributed by atoms with Gasteiger partial charge in [-0.2, -0.15) is 0 Å². The van der Waals surface area contributed by atoms with Crippen LogP contribution in [-0.2, 0) is 22.6 Å². The van der Waals surface area contributed by atoms with Gasteiger partial charge in [-0.1, -0.05) is 48.5 Å². The van der Waals surface area contributed by atoms with Gasteiger partial charge in [0.2, 0.25) is 0 Å². The number of rotatable bonds is 3. The maximum atomic E-state index is 12.5. The first-order valence-electron chi connectivity index (χ1n) is 8.66. The molecular weight excluding hydrogens is 344 g/mol. The van der Waals surface area contributed by atoms with Crippen molar-refractivity contribution in [2.45, 2.75) is 13.0 Å². The minimum atomic E-state index is -1.09. The maximum Gasteiger partial charge on any atom is 0.414 e. The number of fused-ring (bicyclic) bond motifs is 3. The summed E-state index contributed by atoms with van der Waals surface area (Å²) in [6, 6.07) is 17.0. The zero-order chi connectivity index (χ0) is 18.8. The molecule has 0 radical (unpaired) electrons. The Labute approximate surface area is 155 Å². The third-order valence-electron chi connectivity index (χ3n) is 4.64. The van der Waals surface area contributed by atoms with E-state index in [2.05, 4.69) is 4.98 Å². The molecule has 1 aromatic heterocycles. The number of H-pyrrole nitrogens is 1. The third kappa shape index (κ3) is 3.29. The van der Waals surface area contributed by atoms with E-state index in [-0.39, 0.29) is 12.2 Å². The molecule has 2 aromatic carbocycles. The van der Waals surface area contributed by atoms with E-state index in [4.69, 9.17) is 4.74 Å². The van der Waals surface area contributed by atoms with E-state index >= 15 is 0 Å². The lowest BCUT2D eigenvalue weighted by Crippen LogP contribution is -2.28. The topological polar surface area (TPSA) is 82.6 Å². The molecule has 136 valence electrons. The minimum Gasteiger partial charge on any atom is -0.478 e. The van der Waals surface area contributed by atoms with Gasteiger partial charge in [0.25, 0.3) is 0 Å². The Morgan fingerprint density at radius 3 is 2.59 bits per heavy atom. The number of benzene rings is 2. The number of carbonyl (C=O) groups is 2. The molecule has 0 bridgehead atoms. The molecule has 0 saturated heterocycles. The number of nitrogens with zero attached hydrogens (tertiary/aromatic N) is 1. The number of hydrogen-bond donors (Lipinski definition) is 2. The number of para-hydroxylation sites is 1. The van der Waals surface area contributed by atoms with Crippen LogP contribution in [-0.4, -0.2) is 33.6 Å². The van der Waals surface area contributed by atoms with Crippen LogP contribution in [0, 0.1) is 0 Å². The van der Waals surface area contributed by atoms with Crippen LogP contribution in [0.25, 0.3) is 16.5 Å². The Balaban J connectivity index is 1.61. The fraction of sp³-hybridized carbons (Fsp3) is 0.143. The summed E-state index contributed by atoms with van der Waals surface area (Å²) >= 11 is 0. The van der Waals surface area contributed by atoms with Gasteiger partial charge in [0.15, 0.2) is 0 Å². The van der Waals surface area contributed by atoms with Crippen LogP contribution in [0.3, 0.4) is 0 Å². The Bertz CT molecular complexity index is 1040. The highest BCUT2D eigenvalue weighted by atomic mass is 16.6. The monoisotopic (exact) mass is 362 g/mol. The van der Waals surface area contributed by atoms with Gasteiger partial charge in [-0.05, 0) is 23.6 Å². The van der Waals surface area contributed by atoms with Gasteiger partial charge in [0, 0.05) is 23.6 Å². The van der Waals surface area contributed by atoms with Crippen molar-refractivity contribution >= 4 is 28.5 Å². The molecule has 0 unspecified atom stereocenters. The summed E-state index contributed by atoms with van der Waals surface area (Å²) in [5.41, 5.74) is 3.25. The standard InChI is InChI=1S/C21H18N2O4/c24-20(25)17-12-23(21(26)27-13-14-6-2-1-3-7-14)11-10-16-15-8-4-5-9-18(15)22-19(16)17/h1-9,12,22H,10-11,13H2,(H,24,25). The molecule has 0 spiro atoms. The van der Waals surface area contributed by atoms with E-state index in [0.29, 0.717) is 18.7 Å². The van der Waals surface area contributed by atoms with Crippen molar-refractivity contribution in [1.29, 1.82) is 0 Å². The van der Waals surface area contributed by atoms with Crippen molar-refractivity contribution in [2.75, 3.05) is 6.54 Å².